The molecule has 0 heterocycles. The molecule has 1 amide bonds. The third-order valence-corrected chi connectivity index (χ3v) is 3.14. The van der Waals surface area contributed by atoms with Gasteiger partial charge in [0.1, 0.15) is 11.5 Å². The first-order valence-corrected chi connectivity index (χ1v) is 7.87. The molecule has 2 rings (SSSR count). The number of nitrogens with one attached hydrogen (secondary N) is 2. The molecule has 0 unspecified atom stereocenters. The van der Waals surface area contributed by atoms with Crippen LogP contribution in [0.3, 0.4) is 0 Å². The SMILES string of the molecule is CC(C)CC(=O)NC(=S)Nc1ccc(Oc2ccccc2)cc1. The first-order valence-electron chi connectivity index (χ1n) is 7.47. The maximum Gasteiger partial charge on any atom is 0.226 e. The summed E-state index contributed by atoms with van der Waals surface area (Å²) in [6, 6.07) is 16.9. The van der Waals surface area contributed by atoms with Gasteiger partial charge in [-0.2, -0.15) is 0 Å². The van der Waals surface area contributed by atoms with Crippen molar-refractivity contribution in [1.29, 1.82) is 0 Å². The van der Waals surface area contributed by atoms with Gasteiger partial charge in [0, 0.05) is 12.1 Å². The topological polar surface area (TPSA) is 50.4 Å². The lowest BCUT2D eigenvalue weighted by molar-refractivity contribution is -0.120. The Bertz CT molecular complexity index is 654. The Hall–Kier alpha value is -2.40. The quantitative estimate of drug-likeness (QED) is 0.802. The highest BCUT2D eigenvalue weighted by Gasteiger charge is 2.07. The summed E-state index contributed by atoms with van der Waals surface area (Å²) in [7, 11) is 0. The highest BCUT2D eigenvalue weighted by atomic mass is 32.1. The third-order valence-electron chi connectivity index (χ3n) is 2.94. The highest BCUT2D eigenvalue weighted by Crippen LogP contribution is 2.22. The van der Waals surface area contributed by atoms with Crippen molar-refractivity contribution in [1.82, 2.24) is 5.32 Å². The molecule has 0 saturated heterocycles. The van der Waals surface area contributed by atoms with Crippen LogP contribution in [0.15, 0.2) is 54.6 Å². The number of carbonyl (C=O) groups is 1. The van der Waals surface area contributed by atoms with Gasteiger partial charge in [0.2, 0.25) is 5.91 Å². The average molecular weight is 328 g/mol. The second-order valence-electron chi connectivity index (χ2n) is 5.54. The molecule has 120 valence electrons. The molecule has 2 N–H and O–H groups in total. The van der Waals surface area contributed by atoms with Crippen LogP contribution in [0.25, 0.3) is 0 Å². The Labute approximate surface area is 141 Å². The van der Waals surface area contributed by atoms with Crippen LogP contribution in [-0.4, -0.2) is 11.0 Å². The van der Waals surface area contributed by atoms with Crippen molar-refractivity contribution in [2.24, 2.45) is 5.92 Å². The summed E-state index contributed by atoms with van der Waals surface area (Å²) < 4.78 is 5.72. The maximum absolute atomic E-state index is 11.7. The second-order valence-corrected chi connectivity index (χ2v) is 5.95. The molecular formula is C18H20N2O2S. The van der Waals surface area contributed by atoms with Gasteiger partial charge < -0.3 is 15.4 Å². The summed E-state index contributed by atoms with van der Waals surface area (Å²) in [6.07, 6.45) is 0.450. The lowest BCUT2D eigenvalue weighted by Gasteiger charge is -2.11. The molecule has 0 aliphatic heterocycles. The smallest absolute Gasteiger partial charge is 0.226 e. The van der Waals surface area contributed by atoms with E-state index in [0.29, 0.717) is 17.5 Å². The fourth-order valence-corrected chi connectivity index (χ4v) is 2.17. The number of carbonyl (C=O) groups excluding carboxylic acids is 1. The van der Waals surface area contributed by atoms with Gasteiger partial charge in [-0.25, -0.2) is 0 Å². The largest absolute Gasteiger partial charge is 0.457 e. The van der Waals surface area contributed by atoms with E-state index in [1.165, 1.54) is 0 Å². The predicted octanol–water partition coefficient (Wildman–Crippen LogP) is 4.34. The van der Waals surface area contributed by atoms with Gasteiger partial charge >= 0.3 is 0 Å². The molecule has 2 aromatic rings. The van der Waals surface area contributed by atoms with E-state index in [0.717, 1.165) is 17.2 Å². The number of para-hydroxylation sites is 1. The van der Waals surface area contributed by atoms with Gasteiger partial charge in [0.25, 0.3) is 0 Å². The lowest BCUT2D eigenvalue weighted by Crippen LogP contribution is -2.34. The van der Waals surface area contributed by atoms with Crippen LogP contribution in [0.5, 0.6) is 11.5 Å². The first-order chi connectivity index (χ1) is 11.0. The lowest BCUT2D eigenvalue weighted by atomic mass is 10.1. The molecule has 0 atom stereocenters. The number of anilines is 1. The molecule has 0 radical (unpaired) electrons. The monoisotopic (exact) mass is 328 g/mol. The standard InChI is InChI=1S/C18H20N2O2S/c1-13(2)12-17(21)20-18(23)19-14-8-10-16(11-9-14)22-15-6-4-3-5-7-15/h3-11,13H,12H2,1-2H3,(H2,19,20,21,23). The van der Waals surface area contributed by atoms with Gasteiger partial charge in [-0.15, -0.1) is 0 Å². The van der Waals surface area contributed by atoms with E-state index >= 15 is 0 Å². The molecule has 0 aliphatic rings. The average Bonchev–Trinajstić information content (AvgIpc) is 2.49. The zero-order chi connectivity index (χ0) is 16.7. The molecule has 0 spiro atoms. The van der Waals surface area contributed by atoms with Crippen molar-refractivity contribution in [2.75, 3.05) is 5.32 Å². The molecule has 0 aliphatic carbocycles. The Morgan fingerprint density at radius 1 is 1.04 bits per heavy atom. The fraction of sp³-hybridized carbons (Fsp3) is 0.222. The van der Waals surface area contributed by atoms with Crippen molar-refractivity contribution in [3.8, 4) is 11.5 Å². The third kappa shape index (κ3) is 6.08. The van der Waals surface area contributed by atoms with Crippen LogP contribution in [0.4, 0.5) is 5.69 Å². The highest BCUT2D eigenvalue weighted by molar-refractivity contribution is 7.80. The number of amides is 1. The van der Waals surface area contributed by atoms with Crippen molar-refractivity contribution in [2.45, 2.75) is 20.3 Å². The van der Waals surface area contributed by atoms with Crippen molar-refractivity contribution in [3.05, 3.63) is 54.6 Å². The molecule has 0 bridgehead atoms. The Kier molecular flexibility index (Phi) is 6.11. The van der Waals surface area contributed by atoms with E-state index in [1.54, 1.807) is 0 Å². The van der Waals surface area contributed by atoms with Crippen LogP contribution in [0.1, 0.15) is 20.3 Å². The Morgan fingerprint density at radius 3 is 2.26 bits per heavy atom. The minimum absolute atomic E-state index is 0.0819. The molecule has 2 aromatic carbocycles. The molecule has 5 heteroatoms. The summed E-state index contributed by atoms with van der Waals surface area (Å²) in [5.74, 6) is 1.73. The number of ether oxygens (including phenoxy) is 1. The van der Waals surface area contributed by atoms with E-state index in [2.05, 4.69) is 10.6 Å². The maximum atomic E-state index is 11.7. The zero-order valence-corrected chi connectivity index (χ0v) is 14.0. The van der Waals surface area contributed by atoms with Crippen molar-refractivity contribution in [3.63, 3.8) is 0 Å². The van der Waals surface area contributed by atoms with Gasteiger partial charge in [0.05, 0.1) is 0 Å². The van der Waals surface area contributed by atoms with Gasteiger partial charge in [-0.3, -0.25) is 4.79 Å². The van der Waals surface area contributed by atoms with E-state index in [9.17, 15) is 4.79 Å². The zero-order valence-electron chi connectivity index (χ0n) is 13.2. The molecule has 0 saturated carbocycles. The van der Waals surface area contributed by atoms with Crippen LogP contribution in [-0.2, 0) is 4.79 Å². The molecule has 0 aromatic heterocycles. The van der Waals surface area contributed by atoms with Crippen LogP contribution < -0.4 is 15.4 Å². The molecule has 4 nitrogen and oxygen atoms in total. The van der Waals surface area contributed by atoms with Gasteiger partial charge in [-0.05, 0) is 54.5 Å². The molecule has 23 heavy (non-hydrogen) atoms. The first kappa shape index (κ1) is 17.0. The number of thiocarbonyl (C=S) groups is 1. The predicted molar refractivity (Wildman–Crippen MR) is 96.8 cm³/mol. The molecule has 0 fully saturated rings. The summed E-state index contributed by atoms with van der Waals surface area (Å²) in [5, 5.41) is 5.94. The van der Waals surface area contributed by atoms with E-state index in [-0.39, 0.29) is 5.91 Å². The van der Waals surface area contributed by atoms with Gasteiger partial charge in [-0.1, -0.05) is 32.0 Å². The minimum Gasteiger partial charge on any atom is -0.457 e. The summed E-state index contributed by atoms with van der Waals surface area (Å²) in [5.41, 5.74) is 0.792. The second kappa shape index (κ2) is 8.29. The van der Waals surface area contributed by atoms with Gasteiger partial charge in [0.15, 0.2) is 5.11 Å². The number of hydrogen-bond donors (Lipinski definition) is 2. The Morgan fingerprint density at radius 2 is 1.65 bits per heavy atom. The van der Waals surface area contributed by atoms with Crippen LogP contribution >= 0.6 is 12.2 Å². The number of rotatable bonds is 5. The Balaban J connectivity index is 1.87. The summed E-state index contributed by atoms with van der Waals surface area (Å²) >= 11 is 5.13. The van der Waals surface area contributed by atoms with E-state index < -0.39 is 0 Å². The van der Waals surface area contributed by atoms with Crippen LogP contribution in [0, 0.1) is 5.92 Å². The summed E-state index contributed by atoms with van der Waals surface area (Å²) in [4.78, 5) is 11.7. The number of hydrogen-bond acceptors (Lipinski definition) is 3. The normalized spacial score (nSPS) is 10.2. The van der Waals surface area contributed by atoms with E-state index in [1.807, 2.05) is 68.4 Å². The fourth-order valence-electron chi connectivity index (χ4n) is 1.94. The number of benzene rings is 2. The van der Waals surface area contributed by atoms with Crippen molar-refractivity contribution < 1.29 is 9.53 Å². The minimum atomic E-state index is -0.0819. The van der Waals surface area contributed by atoms with Crippen LogP contribution in [0.2, 0.25) is 0 Å². The molecular weight excluding hydrogens is 308 g/mol. The van der Waals surface area contributed by atoms with Crippen molar-refractivity contribution >= 4 is 28.9 Å². The summed E-state index contributed by atoms with van der Waals surface area (Å²) in [6.45, 7) is 3.98. The van der Waals surface area contributed by atoms with E-state index in [4.69, 9.17) is 17.0 Å².